The molecule has 0 aliphatic carbocycles. The Morgan fingerprint density at radius 2 is 1.82 bits per heavy atom. The van der Waals surface area contributed by atoms with Crippen LogP contribution in [-0.4, -0.2) is 33.6 Å². The predicted molar refractivity (Wildman–Crippen MR) is 91.0 cm³/mol. The molecule has 0 spiro atoms. The van der Waals surface area contributed by atoms with E-state index in [9.17, 15) is 0 Å². The van der Waals surface area contributed by atoms with Crippen molar-refractivity contribution in [3.8, 4) is 17.5 Å². The average molecular weight is 315 g/mol. The molecular formula is C16H21N5S. The highest BCUT2D eigenvalue weighted by Crippen LogP contribution is 2.25. The van der Waals surface area contributed by atoms with Gasteiger partial charge in [-0.2, -0.15) is 5.26 Å². The second-order valence-corrected chi connectivity index (χ2v) is 5.66. The van der Waals surface area contributed by atoms with Gasteiger partial charge in [-0.05, 0) is 45.0 Å². The van der Waals surface area contributed by atoms with E-state index in [1.54, 1.807) is 0 Å². The van der Waals surface area contributed by atoms with E-state index in [1.165, 1.54) is 17.4 Å². The normalized spacial score (nSPS) is 10.5. The summed E-state index contributed by atoms with van der Waals surface area (Å²) in [7, 11) is 0. The highest BCUT2D eigenvalue weighted by molar-refractivity contribution is 7.99. The quantitative estimate of drug-likeness (QED) is 0.733. The minimum absolute atomic E-state index is 0.388. The number of aromatic nitrogens is 3. The van der Waals surface area contributed by atoms with Gasteiger partial charge in [-0.25, -0.2) is 0 Å². The first-order valence-corrected chi connectivity index (χ1v) is 8.51. The summed E-state index contributed by atoms with van der Waals surface area (Å²) in [5.74, 6) is 1.24. The van der Waals surface area contributed by atoms with Gasteiger partial charge in [-0.3, -0.25) is 0 Å². The molecule has 0 bridgehead atoms. The Morgan fingerprint density at radius 3 is 2.36 bits per heavy atom. The maximum Gasteiger partial charge on any atom is 0.192 e. The molecule has 1 aromatic carbocycles. The van der Waals surface area contributed by atoms with Crippen molar-refractivity contribution in [2.75, 3.05) is 23.7 Å². The molecule has 5 nitrogen and oxygen atoms in total. The molecule has 2 rings (SSSR count). The Balaban J connectivity index is 2.28. The number of hydrogen-bond acceptors (Lipinski definition) is 5. The lowest BCUT2D eigenvalue weighted by Crippen LogP contribution is -2.21. The van der Waals surface area contributed by atoms with Crippen LogP contribution in [-0.2, 0) is 6.54 Å². The summed E-state index contributed by atoms with van der Waals surface area (Å²) < 4.78 is 2.05. The van der Waals surface area contributed by atoms with E-state index >= 15 is 0 Å². The van der Waals surface area contributed by atoms with Gasteiger partial charge in [0, 0.05) is 30.9 Å². The summed E-state index contributed by atoms with van der Waals surface area (Å²) in [4.78, 5) is 2.31. The van der Waals surface area contributed by atoms with Crippen LogP contribution in [0.15, 0.2) is 29.4 Å². The second kappa shape index (κ2) is 7.85. The molecule has 2 aromatic rings. The number of nitrogens with zero attached hydrogens (tertiary/aromatic N) is 5. The fraction of sp³-hybridized carbons (Fsp3) is 0.438. The first kappa shape index (κ1) is 16.4. The fourth-order valence-electron chi connectivity index (χ4n) is 2.40. The zero-order valence-electron chi connectivity index (χ0n) is 13.3. The van der Waals surface area contributed by atoms with Crippen molar-refractivity contribution in [1.82, 2.24) is 14.8 Å². The average Bonchev–Trinajstić information content (AvgIpc) is 2.97. The molecule has 6 heteroatoms. The van der Waals surface area contributed by atoms with E-state index < -0.39 is 0 Å². The minimum Gasteiger partial charge on any atom is -0.372 e. The van der Waals surface area contributed by atoms with E-state index in [0.29, 0.717) is 5.75 Å². The van der Waals surface area contributed by atoms with Gasteiger partial charge in [0.15, 0.2) is 11.0 Å². The van der Waals surface area contributed by atoms with E-state index in [2.05, 4.69) is 70.8 Å². The molecule has 1 aromatic heterocycles. The highest BCUT2D eigenvalue weighted by atomic mass is 32.2. The first-order chi connectivity index (χ1) is 10.7. The molecule has 0 amide bonds. The Kier molecular flexibility index (Phi) is 5.84. The summed E-state index contributed by atoms with van der Waals surface area (Å²) in [6.45, 7) is 9.15. The van der Waals surface area contributed by atoms with Crippen molar-refractivity contribution in [1.29, 1.82) is 5.26 Å². The van der Waals surface area contributed by atoms with Crippen LogP contribution in [0.2, 0.25) is 0 Å². The Morgan fingerprint density at radius 1 is 1.14 bits per heavy atom. The van der Waals surface area contributed by atoms with Gasteiger partial charge in [-0.1, -0.05) is 11.8 Å². The van der Waals surface area contributed by atoms with Crippen LogP contribution in [0.5, 0.6) is 0 Å². The summed E-state index contributed by atoms with van der Waals surface area (Å²) in [5, 5.41) is 18.0. The third-order valence-corrected chi connectivity index (χ3v) is 4.39. The summed E-state index contributed by atoms with van der Waals surface area (Å²) in [6, 6.07) is 10.5. The molecule has 0 saturated heterocycles. The molecule has 1 heterocycles. The molecule has 22 heavy (non-hydrogen) atoms. The predicted octanol–water partition coefficient (Wildman–Crippen LogP) is 3.43. The van der Waals surface area contributed by atoms with Crippen LogP contribution in [0, 0.1) is 11.3 Å². The van der Waals surface area contributed by atoms with Crippen LogP contribution >= 0.6 is 11.8 Å². The van der Waals surface area contributed by atoms with Crippen LogP contribution in [0.1, 0.15) is 20.8 Å². The fourth-order valence-corrected chi connectivity index (χ4v) is 3.06. The van der Waals surface area contributed by atoms with E-state index in [4.69, 9.17) is 5.26 Å². The topological polar surface area (TPSA) is 57.7 Å². The van der Waals surface area contributed by atoms with Crippen molar-refractivity contribution >= 4 is 17.4 Å². The van der Waals surface area contributed by atoms with E-state index in [1.807, 2.05) is 0 Å². The zero-order valence-corrected chi connectivity index (χ0v) is 14.1. The van der Waals surface area contributed by atoms with Gasteiger partial charge in [0.05, 0.1) is 11.8 Å². The van der Waals surface area contributed by atoms with Crippen LogP contribution in [0.3, 0.4) is 0 Å². The standard InChI is InChI=1S/C16H21N5S/c1-4-20(5-2)14-9-7-13(8-10-14)15-18-19-16(21(15)6-3)22-12-11-17/h7-10H,4-6,12H2,1-3H3. The van der Waals surface area contributed by atoms with Gasteiger partial charge in [0.1, 0.15) is 0 Å². The molecule has 0 aliphatic heterocycles. The molecule has 0 fully saturated rings. The Bertz CT molecular complexity index is 638. The SMILES string of the molecule is CCN(CC)c1ccc(-c2nnc(SCC#N)n2CC)cc1. The molecule has 0 radical (unpaired) electrons. The number of rotatable bonds is 7. The number of benzene rings is 1. The largest absolute Gasteiger partial charge is 0.372 e. The third-order valence-electron chi connectivity index (χ3n) is 3.55. The monoisotopic (exact) mass is 315 g/mol. The summed E-state index contributed by atoms with van der Waals surface area (Å²) >= 11 is 1.42. The van der Waals surface area contributed by atoms with E-state index in [-0.39, 0.29) is 0 Å². The number of nitriles is 1. The molecular weight excluding hydrogens is 294 g/mol. The summed E-state index contributed by atoms with van der Waals surface area (Å²) in [5.41, 5.74) is 2.27. The lowest BCUT2D eigenvalue weighted by molar-refractivity contribution is 0.688. The maximum absolute atomic E-state index is 8.71. The van der Waals surface area contributed by atoms with Crippen molar-refractivity contribution in [2.24, 2.45) is 0 Å². The Hall–Kier alpha value is -2.00. The highest BCUT2D eigenvalue weighted by Gasteiger charge is 2.13. The maximum atomic E-state index is 8.71. The zero-order chi connectivity index (χ0) is 15.9. The lowest BCUT2D eigenvalue weighted by Gasteiger charge is -2.21. The van der Waals surface area contributed by atoms with Crippen LogP contribution in [0.4, 0.5) is 5.69 Å². The molecule has 0 saturated carbocycles. The van der Waals surface area contributed by atoms with Gasteiger partial charge < -0.3 is 9.47 Å². The molecule has 0 unspecified atom stereocenters. The van der Waals surface area contributed by atoms with Crippen LogP contribution < -0.4 is 4.90 Å². The van der Waals surface area contributed by atoms with Gasteiger partial charge in [0.25, 0.3) is 0 Å². The Labute approximate surface area is 136 Å². The second-order valence-electron chi connectivity index (χ2n) is 4.72. The first-order valence-electron chi connectivity index (χ1n) is 7.53. The summed E-state index contributed by atoms with van der Waals surface area (Å²) in [6.07, 6.45) is 0. The van der Waals surface area contributed by atoms with Gasteiger partial charge in [-0.15, -0.1) is 10.2 Å². The number of thioether (sulfide) groups is 1. The lowest BCUT2D eigenvalue weighted by atomic mass is 10.2. The minimum atomic E-state index is 0.388. The van der Waals surface area contributed by atoms with Crippen LogP contribution in [0.25, 0.3) is 11.4 Å². The van der Waals surface area contributed by atoms with Crippen molar-refractivity contribution in [3.05, 3.63) is 24.3 Å². The van der Waals surface area contributed by atoms with Crippen molar-refractivity contribution in [3.63, 3.8) is 0 Å². The third kappa shape index (κ3) is 3.42. The molecule has 0 N–H and O–H groups in total. The molecule has 116 valence electrons. The smallest absolute Gasteiger partial charge is 0.192 e. The van der Waals surface area contributed by atoms with Crippen molar-refractivity contribution in [2.45, 2.75) is 32.5 Å². The van der Waals surface area contributed by atoms with Gasteiger partial charge in [0.2, 0.25) is 0 Å². The number of hydrogen-bond donors (Lipinski definition) is 0. The van der Waals surface area contributed by atoms with Crippen molar-refractivity contribution < 1.29 is 0 Å². The van der Waals surface area contributed by atoms with E-state index in [0.717, 1.165) is 36.2 Å². The molecule has 0 atom stereocenters. The number of anilines is 1. The molecule has 0 aliphatic rings. The van der Waals surface area contributed by atoms with Gasteiger partial charge >= 0.3 is 0 Å².